The van der Waals surface area contributed by atoms with Gasteiger partial charge in [-0.15, -0.1) is 0 Å². The van der Waals surface area contributed by atoms with Crippen LogP contribution in [0.4, 0.5) is 13.6 Å². The van der Waals surface area contributed by atoms with E-state index in [1.54, 1.807) is 47.6 Å². The Labute approximate surface area is 232 Å². The highest BCUT2D eigenvalue weighted by atomic mass is 19.1. The first-order chi connectivity index (χ1) is 18.4. The monoisotopic (exact) mass is 558 g/mol. The number of aromatic nitrogens is 3. The summed E-state index contributed by atoms with van der Waals surface area (Å²) in [6.45, 7) is 13.4. The molecule has 1 aliphatic rings. The number of likely N-dealkylation sites (tertiary alicyclic amines) is 1. The molecule has 3 heterocycles. The highest BCUT2D eigenvalue weighted by Crippen LogP contribution is 2.51. The van der Waals surface area contributed by atoms with Crippen molar-refractivity contribution in [2.75, 3.05) is 13.1 Å². The molecule has 1 amide bonds. The number of ether oxygens (including phenoxy) is 1. The zero-order chi connectivity index (χ0) is 29.8. The summed E-state index contributed by atoms with van der Waals surface area (Å²) < 4.78 is 41.2. The van der Waals surface area contributed by atoms with E-state index in [-0.39, 0.29) is 41.5 Å². The molecule has 1 aliphatic heterocycles. The van der Waals surface area contributed by atoms with Gasteiger partial charge in [0.2, 0.25) is 5.82 Å². The molecule has 1 aromatic carbocycles. The van der Waals surface area contributed by atoms with E-state index in [1.165, 1.54) is 31.1 Å². The second-order valence-corrected chi connectivity index (χ2v) is 12.6. The first-order valence-corrected chi connectivity index (χ1v) is 13.1. The number of halogens is 2. The fourth-order valence-electron chi connectivity index (χ4n) is 5.04. The Bertz CT molecular complexity index is 1400. The summed E-state index contributed by atoms with van der Waals surface area (Å²) >= 11 is 0. The number of amides is 1. The smallest absolute Gasteiger partial charge is 0.410 e. The van der Waals surface area contributed by atoms with Crippen LogP contribution < -0.4 is 0 Å². The molecule has 2 aromatic heterocycles. The molecule has 9 nitrogen and oxygen atoms in total. The van der Waals surface area contributed by atoms with Crippen molar-refractivity contribution >= 4 is 6.09 Å². The number of rotatable bonds is 6. The fourth-order valence-corrected chi connectivity index (χ4v) is 5.04. The van der Waals surface area contributed by atoms with Crippen molar-refractivity contribution in [1.29, 1.82) is 0 Å². The molecule has 0 bridgehead atoms. The van der Waals surface area contributed by atoms with E-state index < -0.39 is 45.9 Å². The van der Waals surface area contributed by atoms with Crippen LogP contribution in [0.5, 0.6) is 0 Å². The first kappa shape index (κ1) is 29.5. The van der Waals surface area contributed by atoms with E-state index in [9.17, 15) is 15.0 Å². The molecule has 0 unspecified atom stereocenters. The van der Waals surface area contributed by atoms with Gasteiger partial charge < -0.3 is 24.4 Å². The van der Waals surface area contributed by atoms with Crippen molar-refractivity contribution < 1.29 is 33.0 Å². The zero-order valence-corrected chi connectivity index (χ0v) is 24.0. The lowest BCUT2D eigenvalue weighted by atomic mass is 9.62. The van der Waals surface area contributed by atoms with Crippen molar-refractivity contribution in [3.63, 3.8) is 0 Å². The van der Waals surface area contributed by atoms with Gasteiger partial charge in [0.1, 0.15) is 28.4 Å². The number of pyridine rings is 1. The maximum Gasteiger partial charge on any atom is 0.410 e. The molecule has 40 heavy (non-hydrogen) atoms. The first-order valence-electron chi connectivity index (χ1n) is 13.1. The minimum Gasteiger partial charge on any atom is -0.444 e. The van der Waals surface area contributed by atoms with Gasteiger partial charge in [-0.25, -0.2) is 13.6 Å². The topological polar surface area (TPSA) is 122 Å². The Morgan fingerprint density at radius 1 is 1.05 bits per heavy atom. The Morgan fingerprint density at radius 3 is 2.15 bits per heavy atom. The molecule has 1 atom stereocenters. The van der Waals surface area contributed by atoms with Gasteiger partial charge in [0.25, 0.3) is 5.89 Å². The summed E-state index contributed by atoms with van der Waals surface area (Å²) in [4.78, 5) is 22.6. The highest BCUT2D eigenvalue weighted by molar-refractivity contribution is 5.70. The van der Waals surface area contributed by atoms with Crippen molar-refractivity contribution in [2.24, 2.45) is 5.41 Å². The van der Waals surface area contributed by atoms with Gasteiger partial charge in [0, 0.05) is 47.6 Å². The van der Waals surface area contributed by atoms with E-state index in [0.717, 1.165) is 12.1 Å². The Kier molecular flexibility index (Phi) is 7.30. The average Bonchev–Trinajstić information content (AvgIpc) is 3.31. The third-order valence-electron chi connectivity index (χ3n) is 7.04. The SMILES string of the molecule is CC(C)c1c(F)cc([C@](O)(c2cncc(-c3noc(C(C)(C)O)n3)c2)C2(C)CN(C(=O)OC(C)(C)C)C2)cc1F. The molecule has 11 heteroatoms. The predicted octanol–water partition coefficient (Wildman–Crippen LogP) is 5.25. The molecule has 1 saturated heterocycles. The van der Waals surface area contributed by atoms with E-state index in [0.29, 0.717) is 5.56 Å². The fraction of sp³-hybridized carbons (Fsp3) is 0.517. The molecule has 0 radical (unpaired) electrons. The lowest BCUT2D eigenvalue weighted by Gasteiger charge is -2.56. The minimum atomic E-state index is -1.99. The average molecular weight is 559 g/mol. The number of benzene rings is 1. The number of aliphatic hydroxyl groups is 2. The largest absolute Gasteiger partial charge is 0.444 e. The van der Waals surface area contributed by atoms with Crippen LogP contribution in [0.25, 0.3) is 11.4 Å². The molecule has 1 fully saturated rings. The van der Waals surface area contributed by atoms with Crippen LogP contribution in [-0.2, 0) is 15.9 Å². The van der Waals surface area contributed by atoms with Crippen molar-refractivity contribution in [1.82, 2.24) is 20.0 Å². The maximum atomic E-state index is 15.3. The van der Waals surface area contributed by atoms with Gasteiger partial charge in [0.15, 0.2) is 0 Å². The molecule has 2 N–H and O–H groups in total. The summed E-state index contributed by atoms with van der Waals surface area (Å²) in [5, 5.41) is 26.6. The maximum absolute atomic E-state index is 15.3. The van der Waals surface area contributed by atoms with Crippen LogP contribution >= 0.6 is 0 Å². The highest BCUT2D eigenvalue weighted by Gasteiger charge is 2.58. The molecular formula is C29H36F2N4O5. The third-order valence-corrected chi connectivity index (χ3v) is 7.04. The molecule has 0 aliphatic carbocycles. The second-order valence-electron chi connectivity index (χ2n) is 12.6. The van der Waals surface area contributed by atoms with E-state index in [2.05, 4.69) is 15.1 Å². The van der Waals surface area contributed by atoms with Gasteiger partial charge in [-0.3, -0.25) is 4.98 Å². The van der Waals surface area contributed by atoms with Gasteiger partial charge in [-0.05, 0) is 64.3 Å². The lowest BCUT2D eigenvalue weighted by molar-refractivity contribution is -0.132. The summed E-state index contributed by atoms with van der Waals surface area (Å²) in [5.41, 5.74) is -4.73. The van der Waals surface area contributed by atoms with Crippen LogP contribution in [0, 0.1) is 17.0 Å². The Morgan fingerprint density at radius 2 is 1.65 bits per heavy atom. The normalized spacial score (nSPS) is 17.0. The number of hydrogen-bond donors (Lipinski definition) is 2. The molecule has 0 saturated carbocycles. The lowest BCUT2D eigenvalue weighted by Crippen LogP contribution is -2.66. The molecular weight excluding hydrogens is 522 g/mol. The van der Waals surface area contributed by atoms with Gasteiger partial charge in [-0.2, -0.15) is 4.98 Å². The second kappa shape index (κ2) is 9.88. The van der Waals surface area contributed by atoms with E-state index in [1.807, 2.05) is 0 Å². The van der Waals surface area contributed by atoms with E-state index in [4.69, 9.17) is 9.26 Å². The van der Waals surface area contributed by atoms with Crippen molar-refractivity contribution in [3.05, 3.63) is 64.8 Å². The van der Waals surface area contributed by atoms with Crippen LogP contribution in [0.3, 0.4) is 0 Å². The summed E-state index contributed by atoms with van der Waals surface area (Å²) in [5.74, 6) is -1.90. The molecule has 0 spiro atoms. The summed E-state index contributed by atoms with van der Waals surface area (Å²) in [6.07, 6.45) is 2.29. The molecule has 4 rings (SSSR count). The molecule has 216 valence electrons. The quantitative estimate of drug-likeness (QED) is 0.421. The number of carbonyl (C=O) groups is 1. The van der Waals surface area contributed by atoms with Crippen LogP contribution in [0.2, 0.25) is 0 Å². The summed E-state index contributed by atoms with van der Waals surface area (Å²) in [6, 6.07) is 3.82. The predicted molar refractivity (Wildman–Crippen MR) is 142 cm³/mol. The van der Waals surface area contributed by atoms with Gasteiger partial charge in [0.05, 0.1) is 0 Å². The number of hydrogen-bond acceptors (Lipinski definition) is 8. The van der Waals surface area contributed by atoms with E-state index >= 15 is 8.78 Å². The van der Waals surface area contributed by atoms with Gasteiger partial charge >= 0.3 is 6.09 Å². The zero-order valence-electron chi connectivity index (χ0n) is 24.0. The minimum absolute atomic E-state index is 0.0180. The van der Waals surface area contributed by atoms with Crippen molar-refractivity contribution in [3.8, 4) is 11.4 Å². The summed E-state index contributed by atoms with van der Waals surface area (Å²) in [7, 11) is 0. The number of carbonyl (C=O) groups excluding carboxylic acids is 1. The standard InChI is InChI=1S/C29H36F2N4O5/c1-16(2)22-20(30)10-18(11-21(22)31)29(38,28(8)14-35(15-28)25(36)39-26(3,4)5)19-9-17(12-32-13-19)23-33-24(40-34-23)27(6,7)37/h9-13,16,37-38H,14-15H2,1-8H3/t29-/m0/s1. The van der Waals surface area contributed by atoms with Crippen LogP contribution in [0.15, 0.2) is 35.1 Å². The van der Waals surface area contributed by atoms with Crippen LogP contribution in [-0.4, -0.2) is 55.0 Å². The molecule has 3 aromatic rings. The van der Waals surface area contributed by atoms with Crippen LogP contribution in [0.1, 0.15) is 83.9 Å². The third kappa shape index (κ3) is 5.32. The Balaban J connectivity index is 1.82. The van der Waals surface area contributed by atoms with Crippen molar-refractivity contribution in [2.45, 2.75) is 78.1 Å². The number of nitrogens with zero attached hydrogens (tertiary/aromatic N) is 4. The van der Waals surface area contributed by atoms with Gasteiger partial charge in [-0.1, -0.05) is 25.9 Å². The Hall–Kier alpha value is -3.44.